The van der Waals surface area contributed by atoms with E-state index in [9.17, 15) is 4.79 Å². The van der Waals surface area contributed by atoms with Gasteiger partial charge < -0.3 is 10.2 Å². The minimum Gasteiger partial charge on any atom is -0.346 e. The fourth-order valence-corrected chi connectivity index (χ4v) is 2.59. The van der Waals surface area contributed by atoms with Gasteiger partial charge in [-0.05, 0) is 38.8 Å². The zero-order valence-electron chi connectivity index (χ0n) is 11.5. The summed E-state index contributed by atoms with van der Waals surface area (Å²) in [5.74, 6) is 0.991. The van der Waals surface area contributed by atoms with Gasteiger partial charge in [0.15, 0.2) is 0 Å². The first-order valence-corrected chi connectivity index (χ1v) is 7.12. The SMILES string of the molecule is CNCCCN(C)C(=O)CC1CCCCCC1. The van der Waals surface area contributed by atoms with E-state index in [0.717, 1.165) is 25.9 Å². The normalized spacial score (nSPS) is 17.8. The van der Waals surface area contributed by atoms with Crippen LogP contribution >= 0.6 is 0 Å². The van der Waals surface area contributed by atoms with Crippen LogP contribution in [-0.4, -0.2) is 38.0 Å². The molecule has 0 aromatic heterocycles. The van der Waals surface area contributed by atoms with E-state index in [1.807, 2.05) is 19.0 Å². The molecule has 0 atom stereocenters. The summed E-state index contributed by atoms with van der Waals surface area (Å²) in [6, 6.07) is 0. The number of hydrogen-bond acceptors (Lipinski definition) is 2. The lowest BCUT2D eigenvalue weighted by molar-refractivity contribution is -0.131. The highest BCUT2D eigenvalue weighted by molar-refractivity contribution is 5.76. The summed E-state index contributed by atoms with van der Waals surface area (Å²) in [4.78, 5) is 13.9. The van der Waals surface area contributed by atoms with Crippen molar-refractivity contribution in [1.82, 2.24) is 10.2 Å². The maximum Gasteiger partial charge on any atom is 0.222 e. The van der Waals surface area contributed by atoms with Gasteiger partial charge in [-0.3, -0.25) is 4.79 Å². The van der Waals surface area contributed by atoms with Gasteiger partial charge >= 0.3 is 0 Å². The van der Waals surface area contributed by atoms with Gasteiger partial charge in [-0.25, -0.2) is 0 Å². The van der Waals surface area contributed by atoms with Crippen molar-refractivity contribution < 1.29 is 4.79 Å². The van der Waals surface area contributed by atoms with Crippen LogP contribution in [0.3, 0.4) is 0 Å². The number of carbonyl (C=O) groups is 1. The topological polar surface area (TPSA) is 32.3 Å². The molecular formula is C14H28N2O. The monoisotopic (exact) mass is 240 g/mol. The Hall–Kier alpha value is -0.570. The number of amides is 1. The van der Waals surface area contributed by atoms with Gasteiger partial charge in [0.05, 0.1) is 0 Å². The highest BCUT2D eigenvalue weighted by Gasteiger charge is 2.18. The van der Waals surface area contributed by atoms with Crippen molar-refractivity contribution >= 4 is 5.91 Å². The van der Waals surface area contributed by atoms with Gasteiger partial charge in [-0.2, -0.15) is 0 Å². The third kappa shape index (κ3) is 6.06. The van der Waals surface area contributed by atoms with Gasteiger partial charge in [0, 0.05) is 20.0 Å². The zero-order valence-corrected chi connectivity index (χ0v) is 11.5. The molecule has 1 aliphatic rings. The summed E-state index contributed by atoms with van der Waals surface area (Å²) in [6.45, 7) is 1.87. The molecule has 17 heavy (non-hydrogen) atoms. The van der Waals surface area contributed by atoms with Crippen LogP contribution in [0.4, 0.5) is 0 Å². The molecule has 3 nitrogen and oxygen atoms in total. The van der Waals surface area contributed by atoms with Gasteiger partial charge in [0.1, 0.15) is 0 Å². The second-order valence-electron chi connectivity index (χ2n) is 5.33. The first kappa shape index (κ1) is 14.5. The van der Waals surface area contributed by atoms with Crippen molar-refractivity contribution in [2.24, 2.45) is 5.92 Å². The molecule has 1 saturated carbocycles. The van der Waals surface area contributed by atoms with Crippen LogP contribution in [0.5, 0.6) is 0 Å². The van der Waals surface area contributed by atoms with Crippen molar-refractivity contribution in [3.8, 4) is 0 Å². The van der Waals surface area contributed by atoms with Crippen LogP contribution in [0.1, 0.15) is 51.4 Å². The minimum absolute atomic E-state index is 0.341. The van der Waals surface area contributed by atoms with E-state index in [0.29, 0.717) is 11.8 Å². The van der Waals surface area contributed by atoms with Crippen molar-refractivity contribution in [1.29, 1.82) is 0 Å². The first-order valence-electron chi connectivity index (χ1n) is 7.12. The molecule has 1 N–H and O–H groups in total. The second kappa shape index (κ2) is 8.51. The highest BCUT2D eigenvalue weighted by atomic mass is 16.2. The molecule has 1 aliphatic carbocycles. The molecule has 0 saturated heterocycles. The Kier molecular flexibility index (Phi) is 7.25. The Balaban J connectivity index is 2.21. The molecule has 0 unspecified atom stereocenters. The van der Waals surface area contributed by atoms with Crippen molar-refractivity contribution in [2.75, 3.05) is 27.2 Å². The lowest BCUT2D eigenvalue weighted by Crippen LogP contribution is -2.30. The van der Waals surface area contributed by atoms with Gasteiger partial charge in [-0.15, -0.1) is 0 Å². The smallest absolute Gasteiger partial charge is 0.222 e. The Labute approximate surface area is 106 Å². The standard InChI is InChI=1S/C14H28N2O/c1-15-10-7-11-16(2)14(17)12-13-8-5-3-4-6-9-13/h13,15H,3-12H2,1-2H3. The van der Waals surface area contributed by atoms with Gasteiger partial charge in [-0.1, -0.05) is 25.7 Å². The van der Waals surface area contributed by atoms with E-state index >= 15 is 0 Å². The highest BCUT2D eigenvalue weighted by Crippen LogP contribution is 2.25. The summed E-state index contributed by atoms with van der Waals surface area (Å²) in [5, 5.41) is 3.11. The largest absolute Gasteiger partial charge is 0.346 e. The number of nitrogens with one attached hydrogen (secondary N) is 1. The molecule has 0 aromatic rings. The molecule has 0 aromatic carbocycles. The molecule has 1 fully saturated rings. The average molecular weight is 240 g/mol. The van der Waals surface area contributed by atoms with E-state index < -0.39 is 0 Å². The molecule has 1 rings (SSSR count). The predicted molar refractivity (Wildman–Crippen MR) is 72.0 cm³/mol. The Morgan fingerprint density at radius 2 is 1.88 bits per heavy atom. The van der Waals surface area contributed by atoms with Crippen molar-refractivity contribution in [3.05, 3.63) is 0 Å². The Morgan fingerprint density at radius 1 is 1.24 bits per heavy atom. The van der Waals surface area contributed by atoms with E-state index in [-0.39, 0.29) is 0 Å². The van der Waals surface area contributed by atoms with Crippen LogP contribution in [0.15, 0.2) is 0 Å². The summed E-state index contributed by atoms with van der Waals surface area (Å²) in [6.07, 6.45) is 9.71. The Morgan fingerprint density at radius 3 is 2.47 bits per heavy atom. The number of hydrogen-bond donors (Lipinski definition) is 1. The zero-order chi connectivity index (χ0) is 12.5. The van der Waals surface area contributed by atoms with E-state index in [2.05, 4.69) is 5.32 Å². The maximum absolute atomic E-state index is 12.0. The first-order chi connectivity index (χ1) is 8.24. The van der Waals surface area contributed by atoms with Crippen LogP contribution in [-0.2, 0) is 4.79 Å². The molecule has 0 radical (unpaired) electrons. The van der Waals surface area contributed by atoms with Crippen molar-refractivity contribution in [3.63, 3.8) is 0 Å². The molecule has 3 heteroatoms. The summed E-state index contributed by atoms with van der Waals surface area (Å²) in [7, 11) is 3.89. The molecule has 0 spiro atoms. The number of nitrogens with zero attached hydrogens (tertiary/aromatic N) is 1. The van der Waals surface area contributed by atoms with Gasteiger partial charge in [0.25, 0.3) is 0 Å². The fourth-order valence-electron chi connectivity index (χ4n) is 2.59. The van der Waals surface area contributed by atoms with Gasteiger partial charge in [0.2, 0.25) is 5.91 Å². The number of carbonyl (C=O) groups excluding carboxylic acids is 1. The maximum atomic E-state index is 12.0. The summed E-state index contributed by atoms with van der Waals surface area (Å²) in [5.41, 5.74) is 0. The fraction of sp³-hybridized carbons (Fsp3) is 0.929. The molecule has 1 amide bonds. The molecule has 0 bridgehead atoms. The van der Waals surface area contributed by atoms with Crippen LogP contribution in [0, 0.1) is 5.92 Å². The van der Waals surface area contributed by atoms with Crippen molar-refractivity contribution in [2.45, 2.75) is 51.4 Å². The quantitative estimate of drug-likeness (QED) is 0.571. The van der Waals surface area contributed by atoms with Crippen LogP contribution in [0.2, 0.25) is 0 Å². The van der Waals surface area contributed by atoms with Crippen LogP contribution < -0.4 is 5.32 Å². The third-order valence-corrected chi connectivity index (χ3v) is 3.78. The minimum atomic E-state index is 0.341. The van der Waals surface area contributed by atoms with E-state index in [1.165, 1.54) is 38.5 Å². The van der Waals surface area contributed by atoms with E-state index in [4.69, 9.17) is 0 Å². The average Bonchev–Trinajstić information content (AvgIpc) is 2.57. The lowest BCUT2D eigenvalue weighted by atomic mass is 9.96. The molecule has 100 valence electrons. The lowest BCUT2D eigenvalue weighted by Gasteiger charge is -2.20. The molecular weight excluding hydrogens is 212 g/mol. The Bertz CT molecular complexity index is 210. The summed E-state index contributed by atoms with van der Waals surface area (Å²) >= 11 is 0. The van der Waals surface area contributed by atoms with Crippen LogP contribution in [0.25, 0.3) is 0 Å². The number of rotatable bonds is 6. The third-order valence-electron chi connectivity index (χ3n) is 3.78. The summed E-state index contributed by atoms with van der Waals surface area (Å²) < 4.78 is 0. The predicted octanol–water partition coefficient (Wildman–Crippen LogP) is 2.41. The molecule has 0 heterocycles. The molecule has 0 aliphatic heterocycles. The van der Waals surface area contributed by atoms with E-state index in [1.54, 1.807) is 0 Å². The second-order valence-corrected chi connectivity index (χ2v) is 5.33.